The third-order valence-corrected chi connectivity index (χ3v) is 2.67. The van der Waals surface area contributed by atoms with Crippen LogP contribution in [0.1, 0.15) is 20.8 Å². The largest absolute Gasteiger partial charge is 0.389 e. The molecule has 1 heterocycles. The molecule has 5 heteroatoms. The minimum Gasteiger partial charge on any atom is -0.389 e. The van der Waals surface area contributed by atoms with Crippen LogP contribution in [0.2, 0.25) is 0 Å². The summed E-state index contributed by atoms with van der Waals surface area (Å²) in [5.41, 5.74) is -0.718. The lowest BCUT2D eigenvalue weighted by atomic mass is 10.1. The number of halogens is 1. The SMILES string of the molecule is CCN(CC(C)(C)O)c1ncncc1I. The van der Waals surface area contributed by atoms with E-state index in [1.54, 1.807) is 20.0 Å². The highest BCUT2D eigenvalue weighted by Crippen LogP contribution is 2.19. The molecule has 0 saturated carbocycles. The van der Waals surface area contributed by atoms with Crippen LogP contribution in [0.5, 0.6) is 0 Å². The Balaban J connectivity index is 2.88. The van der Waals surface area contributed by atoms with E-state index in [4.69, 9.17) is 0 Å². The molecule has 1 rings (SSSR count). The number of anilines is 1. The lowest BCUT2D eigenvalue weighted by Crippen LogP contribution is -2.39. The van der Waals surface area contributed by atoms with E-state index in [1.807, 2.05) is 11.8 Å². The first-order valence-corrected chi connectivity index (χ1v) is 5.94. The third-order valence-electron chi connectivity index (χ3n) is 1.91. The molecule has 4 nitrogen and oxygen atoms in total. The van der Waals surface area contributed by atoms with Gasteiger partial charge in [0, 0.05) is 19.3 Å². The monoisotopic (exact) mass is 321 g/mol. The van der Waals surface area contributed by atoms with Crippen molar-refractivity contribution in [2.45, 2.75) is 26.4 Å². The highest BCUT2D eigenvalue weighted by Gasteiger charge is 2.19. The first-order valence-electron chi connectivity index (χ1n) is 4.87. The topological polar surface area (TPSA) is 49.2 Å². The summed E-state index contributed by atoms with van der Waals surface area (Å²) in [7, 11) is 0. The summed E-state index contributed by atoms with van der Waals surface area (Å²) in [4.78, 5) is 10.2. The van der Waals surface area contributed by atoms with Crippen molar-refractivity contribution in [2.24, 2.45) is 0 Å². The number of aliphatic hydroxyl groups is 1. The Bertz CT molecular complexity index is 325. The fourth-order valence-corrected chi connectivity index (χ4v) is 1.98. The molecule has 0 aromatic carbocycles. The zero-order valence-electron chi connectivity index (χ0n) is 9.24. The summed E-state index contributed by atoms with van der Waals surface area (Å²) in [5, 5.41) is 9.78. The Morgan fingerprint density at radius 2 is 2.20 bits per heavy atom. The Morgan fingerprint density at radius 3 is 2.67 bits per heavy atom. The highest BCUT2D eigenvalue weighted by atomic mass is 127. The zero-order valence-corrected chi connectivity index (χ0v) is 11.4. The Hall–Kier alpha value is -0.430. The van der Waals surface area contributed by atoms with Gasteiger partial charge in [0.15, 0.2) is 0 Å². The summed E-state index contributed by atoms with van der Waals surface area (Å²) in [6.07, 6.45) is 3.31. The maximum Gasteiger partial charge on any atom is 0.145 e. The number of hydrogen-bond donors (Lipinski definition) is 1. The van der Waals surface area contributed by atoms with Crippen LogP contribution in [0.4, 0.5) is 5.82 Å². The molecule has 0 unspecified atom stereocenters. The molecule has 0 bridgehead atoms. The predicted octanol–water partition coefficient (Wildman–Crippen LogP) is 1.68. The highest BCUT2D eigenvalue weighted by molar-refractivity contribution is 14.1. The van der Waals surface area contributed by atoms with E-state index < -0.39 is 5.60 Å². The van der Waals surface area contributed by atoms with Crippen LogP contribution in [-0.2, 0) is 0 Å². The Kier molecular flexibility index (Phi) is 4.27. The molecule has 15 heavy (non-hydrogen) atoms. The summed E-state index contributed by atoms with van der Waals surface area (Å²) in [6, 6.07) is 0. The summed E-state index contributed by atoms with van der Waals surface area (Å²) in [5.74, 6) is 0.884. The molecule has 0 aliphatic rings. The van der Waals surface area contributed by atoms with Crippen LogP contribution >= 0.6 is 22.6 Å². The quantitative estimate of drug-likeness (QED) is 0.857. The number of aromatic nitrogens is 2. The van der Waals surface area contributed by atoms with Crippen LogP contribution < -0.4 is 4.90 Å². The van der Waals surface area contributed by atoms with Gasteiger partial charge in [-0.25, -0.2) is 9.97 Å². The van der Waals surface area contributed by atoms with Gasteiger partial charge in [0.2, 0.25) is 0 Å². The number of likely N-dealkylation sites (N-methyl/N-ethyl adjacent to an activating group) is 1. The molecule has 0 amide bonds. The van der Waals surface area contributed by atoms with Crippen molar-refractivity contribution in [1.29, 1.82) is 0 Å². The number of nitrogens with zero attached hydrogens (tertiary/aromatic N) is 3. The molecule has 0 radical (unpaired) electrons. The average Bonchev–Trinajstić information content (AvgIpc) is 2.14. The van der Waals surface area contributed by atoms with Gasteiger partial charge in [-0.2, -0.15) is 0 Å². The standard InChI is InChI=1S/C10H16IN3O/c1-4-14(6-10(2,3)15)9-8(11)5-12-7-13-9/h5,7,15H,4,6H2,1-3H3. The molecule has 0 spiro atoms. The van der Waals surface area contributed by atoms with E-state index in [9.17, 15) is 5.11 Å². The van der Waals surface area contributed by atoms with E-state index in [-0.39, 0.29) is 0 Å². The van der Waals surface area contributed by atoms with Gasteiger partial charge in [0.05, 0.1) is 9.17 Å². The minimum atomic E-state index is -0.718. The van der Waals surface area contributed by atoms with Gasteiger partial charge in [-0.05, 0) is 43.4 Å². The molecule has 0 atom stereocenters. The van der Waals surface area contributed by atoms with E-state index in [0.29, 0.717) is 6.54 Å². The maximum atomic E-state index is 9.78. The van der Waals surface area contributed by atoms with E-state index >= 15 is 0 Å². The summed E-state index contributed by atoms with van der Waals surface area (Å²) < 4.78 is 1.00. The van der Waals surface area contributed by atoms with Gasteiger partial charge in [0.25, 0.3) is 0 Å². The van der Waals surface area contributed by atoms with Gasteiger partial charge in [-0.1, -0.05) is 0 Å². The van der Waals surface area contributed by atoms with E-state index in [1.165, 1.54) is 6.33 Å². The lowest BCUT2D eigenvalue weighted by molar-refractivity contribution is 0.0874. The van der Waals surface area contributed by atoms with Crippen molar-refractivity contribution in [3.63, 3.8) is 0 Å². The normalized spacial score (nSPS) is 11.5. The molecule has 84 valence electrons. The summed E-state index contributed by atoms with van der Waals surface area (Å²) in [6.45, 7) is 7.02. The van der Waals surface area contributed by atoms with E-state index in [0.717, 1.165) is 15.9 Å². The van der Waals surface area contributed by atoms with Crippen molar-refractivity contribution < 1.29 is 5.11 Å². The van der Waals surface area contributed by atoms with Crippen molar-refractivity contribution >= 4 is 28.4 Å². The third kappa shape index (κ3) is 3.90. The van der Waals surface area contributed by atoms with Gasteiger partial charge in [-0.3, -0.25) is 0 Å². The van der Waals surface area contributed by atoms with Crippen molar-refractivity contribution in [1.82, 2.24) is 9.97 Å². The molecule has 1 aromatic heterocycles. The second-order valence-electron chi connectivity index (χ2n) is 4.02. The summed E-state index contributed by atoms with van der Waals surface area (Å²) >= 11 is 2.20. The maximum absolute atomic E-state index is 9.78. The van der Waals surface area contributed by atoms with Crippen LogP contribution in [0.15, 0.2) is 12.5 Å². The van der Waals surface area contributed by atoms with Gasteiger partial charge in [-0.15, -0.1) is 0 Å². The van der Waals surface area contributed by atoms with Crippen molar-refractivity contribution in [2.75, 3.05) is 18.0 Å². The van der Waals surface area contributed by atoms with E-state index in [2.05, 4.69) is 32.6 Å². The molecule has 1 aromatic rings. The zero-order chi connectivity index (χ0) is 11.5. The molecule has 0 aliphatic carbocycles. The second-order valence-corrected chi connectivity index (χ2v) is 5.18. The first kappa shape index (κ1) is 12.6. The van der Waals surface area contributed by atoms with Gasteiger partial charge >= 0.3 is 0 Å². The fraction of sp³-hybridized carbons (Fsp3) is 0.600. The lowest BCUT2D eigenvalue weighted by Gasteiger charge is -2.29. The fourth-order valence-electron chi connectivity index (χ4n) is 1.34. The van der Waals surface area contributed by atoms with Crippen molar-refractivity contribution in [3.05, 3.63) is 16.1 Å². The Morgan fingerprint density at radius 1 is 1.53 bits per heavy atom. The first-order chi connectivity index (χ1) is 6.94. The van der Waals surface area contributed by atoms with Crippen LogP contribution in [0.25, 0.3) is 0 Å². The average molecular weight is 321 g/mol. The predicted molar refractivity (Wildman–Crippen MR) is 68.9 cm³/mol. The number of rotatable bonds is 4. The van der Waals surface area contributed by atoms with Gasteiger partial charge in [0.1, 0.15) is 12.1 Å². The van der Waals surface area contributed by atoms with Crippen LogP contribution in [-0.4, -0.2) is 33.8 Å². The molecule has 0 fully saturated rings. The number of hydrogen-bond acceptors (Lipinski definition) is 4. The minimum absolute atomic E-state index is 0.566. The Labute approximate surface area is 104 Å². The molecule has 0 aliphatic heterocycles. The van der Waals surface area contributed by atoms with Crippen molar-refractivity contribution in [3.8, 4) is 0 Å². The van der Waals surface area contributed by atoms with Crippen LogP contribution in [0, 0.1) is 3.57 Å². The second kappa shape index (κ2) is 5.07. The van der Waals surface area contributed by atoms with Gasteiger partial charge < -0.3 is 10.0 Å². The molecular formula is C10H16IN3O. The van der Waals surface area contributed by atoms with Crippen LogP contribution in [0.3, 0.4) is 0 Å². The molecule has 0 saturated heterocycles. The molecular weight excluding hydrogens is 305 g/mol. The smallest absolute Gasteiger partial charge is 0.145 e. The molecule has 1 N–H and O–H groups in total.